The Kier molecular flexibility index (Phi) is 3.84. The highest BCUT2D eigenvalue weighted by molar-refractivity contribution is 6.29. The highest BCUT2D eigenvalue weighted by Crippen LogP contribution is 2.26. The zero-order valence-corrected chi connectivity index (χ0v) is 11.0. The number of halogens is 1. The minimum Gasteiger partial charge on any atom is -0.394 e. The van der Waals surface area contributed by atoms with Crippen LogP contribution in [0.2, 0.25) is 5.15 Å². The van der Waals surface area contributed by atoms with Crippen molar-refractivity contribution < 1.29 is 5.11 Å². The van der Waals surface area contributed by atoms with E-state index < -0.39 is 0 Å². The summed E-state index contributed by atoms with van der Waals surface area (Å²) >= 11 is 6.02. The van der Waals surface area contributed by atoms with Crippen LogP contribution in [0.5, 0.6) is 0 Å². The molecule has 5 heteroatoms. The largest absolute Gasteiger partial charge is 0.394 e. The summed E-state index contributed by atoms with van der Waals surface area (Å²) in [7, 11) is 0. The van der Waals surface area contributed by atoms with E-state index in [4.69, 9.17) is 11.6 Å². The maximum absolute atomic E-state index is 9.33. The van der Waals surface area contributed by atoms with Crippen molar-refractivity contribution in [2.75, 3.05) is 18.1 Å². The van der Waals surface area contributed by atoms with Crippen LogP contribution in [0.15, 0.2) is 6.07 Å². The summed E-state index contributed by atoms with van der Waals surface area (Å²) in [6.07, 6.45) is 2.10. The fourth-order valence-corrected chi connectivity index (χ4v) is 2.34. The first-order valence-corrected chi connectivity index (χ1v) is 6.41. The van der Waals surface area contributed by atoms with Gasteiger partial charge in [0.1, 0.15) is 16.8 Å². The Morgan fingerprint density at radius 1 is 1.53 bits per heavy atom. The Balaban J connectivity index is 2.31. The van der Waals surface area contributed by atoms with Gasteiger partial charge in [-0.2, -0.15) is 0 Å². The molecule has 0 saturated carbocycles. The van der Waals surface area contributed by atoms with Gasteiger partial charge in [0.05, 0.1) is 12.6 Å². The number of hydrogen-bond donors (Lipinski definition) is 1. The van der Waals surface area contributed by atoms with E-state index in [0.29, 0.717) is 5.15 Å². The van der Waals surface area contributed by atoms with Gasteiger partial charge >= 0.3 is 0 Å². The number of aliphatic hydroxyl groups excluding tert-OH is 1. The lowest BCUT2D eigenvalue weighted by Crippen LogP contribution is -2.33. The molecule has 4 nitrogen and oxygen atoms in total. The van der Waals surface area contributed by atoms with E-state index in [9.17, 15) is 5.11 Å². The molecule has 1 fully saturated rings. The first kappa shape index (κ1) is 12.6. The summed E-state index contributed by atoms with van der Waals surface area (Å²) in [5.41, 5.74) is 0. The second-order valence-corrected chi connectivity index (χ2v) is 5.12. The molecule has 1 unspecified atom stereocenters. The van der Waals surface area contributed by atoms with Crippen LogP contribution in [-0.2, 0) is 0 Å². The molecule has 1 atom stereocenters. The standard InChI is InChI=1S/C12H18ClN3O/c1-8(2)12-14-10(13)6-11(15-12)16-5-3-4-9(16)7-17/h6,8-9,17H,3-5,7H2,1-2H3. The molecule has 2 rings (SSSR count). The summed E-state index contributed by atoms with van der Waals surface area (Å²) in [5, 5.41) is 9.80. The highest BCUT2D eigenvalue weighted by Gasteiger charge is 2.25. The number of rotatable bonds is 3. The minimum atomic E-state index is 0.165. The summed E-state index contributed by atoms with van der Waals surface area (Å²) in [5.74, 6) is 1.85. The molecule has 0 aliphatic carbocycles. The molecule has 0 spiro atoms. The minimum absolute atomic E-state index is 0.165. The Labute approximate surface area is 107 Å². The quantitative estimate of drug-likeness (QED) is 0.842. The lowest BCUT2D eigenvalue weighted by molar-refractivity contribution is 0.266. The van der Waals surface area contributed by atoms with E-state index in [1.165, 1.54) is 0 Å². The van der Waals surface area contributed by atoms with E-state index in [-0.39, 0.29) is 18.6 Å². The molecule has 94 valence electrons. The normalized spacial score (nSPS) is 20.3. The number of hydrogen-bond acceptors (Lipinski definition) is 4. The molecule has 0 bridgehead atoms. The molecule has 0 aromatic carbocycles. The molecular formula is C12H18ClN3O. The summed E-state index contributed by atoms with van der Waals surface area (Å²) in [6, 6.07) is 1.95. The first-order chi connectivity index (χ1) is 8.11. The van der Waals surface area contributed by atoms with Gasteiger partial charge in [-0.05, 0) is 12.8 Å². The second-order valence-electron chi connectivity index (χ2n) is 4.73. The second kappa shape index (κ2) is 5.19. The number of aromatic nitrogens is 2. The van der Waals surface area contributed by atoms with Crippen molar-refractivity contribution in [3.8, 4) is 0 Å². The van der Waals surface area contributed by atoms with Crippen LogP contribution in [0.3, 0.4) is 0 Å². The van der Waals surface area contributed by atoms with Gasteiger partial charge in [-0.3, -0.25) is 0 Å². The molecule has 17 heavy (non-hydrogen) atoms. The maximum atomic E-state index is 9.33. The van der Waals surface area contributed by atoms with E-state index in [1.807, 2.05) is 13.8 Å². The fourth-order valence-electron chi connectivity index (χ4n) is 2.16. The predicted molar refractivity (Wildman–Crippen MR) is 68.6 cm³/mol. The van der Waals surface area contributed by atoms with Gasteiger partial charge in [-0.25, -0.2) is 9.97 Å². The molecule has 1 N–H and O–H groups in total. The third-order valence-electron chi connectivity index (χ3n) is 3.10. The summed E-state index contributed by atoms with van der Waals surface area (Å²) < 4.78 is 0. The van der Waals surface area contributed by atoms with E-state index in [2.05, 4.69) is 14.9 Å². The van der Waals surface area contributed by atoms with Gasteiger partial charge in [0, 0.05) is 18.5 Å². The van der Waals surface area contributed by atoms with Gasteiger partial charge in [0.2, 0.25) is 0 Å². The predicted octanol–water partition coefficient (Wildman–Crippen LogP) is 2.21. The van der Waals surface area contributed by atoms with E-state index in [1.54, 1.807) is 6.07 Å². The smallest absolute Gasteiger partial charge is 0.135 e. The van der Waals surface area contributed by atoms with Crippen LogP contribution in [0.4, 0.5) is 5.82 Å². The molecule has 2 heterocycles. The lowest BCUT2D eigenvalue weighted by Gasteiger charge is -2.24. The van der Waals surface area contributed by atoms with Crippen molar-refractivity contribution in [3.63, 3.8) is 0 Å². The topological polar surface area (TPSA) is 49.2 Å². The summed E-state index contributed by atoms with van der Waals surface area (Å²) in [4.78, 5) is 10.9. The number of nitrogens with zero attached hydrogens (tertiary/aromatic N) is 3. The van der Waals surface area contributed by atoms with Crippen LogP contribution in [-0.4, -0.2) is 34.3 Å². The zero-order valence-electron chi connectivity index (χ0n) is 10.2. The van der Waals surface area contributed by atoms with Crippen molar-refractivity contribution >= 4 is 17.4 Å². The molecule has 1 saturated heterocycles. The molecule has 1 aromatic heterocycles. The fraction of sp³-hybridized carbons (Fsp3) is 0.667. The van der Waals surface area contributed by atoms with Gasteiger partial charge in [0.15, 0.2) is 0 Å². The Morgan fingerprint density at radius 3 is 2.94 bits per heavy atom. The first-order valence-electron chi connectivity index (χ1n) is 6.03. The van der Waals surface area contributed by atoms with Crippen molar-refractivity contribution in [3.05, 3.63) is 17.0 Å². The van der Waals surface area contributed by atoms with E-state index in [0.717, 1.165) is 31.0 Å². The van der Waals surface area contributed by atoms with Crippen molar-refractivity contribution in [2.45, 2.75) is 38.6 Å². The zero-order chi connectivity index (χ0) is 12.4. The molecular weight excluding hydrogens is 238 g/mol. The molecule has 1 aromatic rings. The Morgan fingerprint density at radius 2 is 2.29 bits per heavy atom. The van der Waals surface area contributed by atoms with Crippen molar-refractivity contribution in [2.24, 2.45) is 0 Å². The van der Waals surface area contributed by atoms with Crippen LogP contribution in [0.25, 0.3) is 0 Å². The van der Waals surface area contributed by atoms with Crippen molar-refractivity contribution in [1.82, 2.24) is 9.97 Å². The van der Waals surface area contributed by atoms with Crippen LogP contribution < -0.4 is 4.90 Å². The average molecular weight is 256 g/mol. The molecule has 0 amide bonds. The third kappa shape index (κ3) is 2.69. The monoisotopic (exact) mass is 255 g/mol. The Bertz CT molecular complexity index is 397. The van der Waals surface area contributed by atoms with Crippen LogP contribution >= 0.6 is 11.6 Å². The molecule has 0 radical (unpaired) electrons. The summed E-state index contributed by atoms with van der Waals surface area (Å²) in [6.45, 7) is 5.18. The average Bonchev–Trinajstić information content (AvgIpc) is 2.76. The van der Waals surface area contributed by atoms with E-state index >= 15 is 0 Å². The van der Waals surface area contributed by atoms with Gasteiger partial charge in [-0.15, -0.1) is 0 Å². The highest BCUT2D eigenvalue weighted by atomic mass is 35.5. The van der Waals surface area contributed by atoms with Gasteiger partial charge in [0.25, 0.3) is 0 Å². The number of aliphatic hydroxyl groups is 1. The van der Waals surface area contributed by atoms with Gasteiger partial charge in [-0.1, -0.05) is 25.4 Å². The van der Waals surface area contributed by atoms with Crippen LogP contribution in [0, 0.1) is 0 Å². The van der Waals surface area contributed by atoms with Gasteiger partial charge < -0.3 is 10.0 Å². The molecule has 1 aliphatic rings. The lowest BCUT2D eigenvalue weighted by atomic mass is 10.2. The third-order valence-corrected chi connectivity index (χ3v) is 3.29. The number of anilines is 1. The SMILES string of the molecule is CC(C)c1nc(Cl)cc(N2CCCC2CO)n1. The van der Waals surface area contributed by atoms with Crippen molar-refractivity contribution in [1.29, 1.82) is 0 Å². The maximum Gasteiger partial charge on any atom is 0.135 e. The van der Waals surface area contributed by atoms with Crippen LogP contribution in [0.1, 0.15) is 38.4 Å². The molecule has 1 aliphatic heterocycles. The Hall–Kier alpha value is -0.870.